The van der Waals surface area contributed by atoms with E-state index in [0.29, 0.717) is 0 Å². The van der Waals surface area contributed by atoms with Crippen LogP contribution in [0.1, 0.15) is 1.37 Å². The zero-order chi connectivity index (χ0) is 17.8. The van der Waals surface area contributed by atoms with Crippen LogP contribution in [0, 0.1) is 0 Å². The average Bonchev–Trinajstić information content (AvgIpc) is 2.45. The van der Waals surface area contributed by atoms with Crippen molar-refractivity contribution in [2.75, 3.05) is 13.1 Å². The van der Waals surface area contributed by atoms with Crippen molar-refractivity contribution in [3.05, 3.63) is 10.4 Å². The Hall–Kier alpha value is -1.27. The normalized spacial score (nSPS) is 34.2. The number of ether oxygens (including phenoxy) is 1. The quantitative estimate of drug-likeness (QED) is 0.128. The first kappa shape index (κ1) is 17.1. The van der Waals surface area contributed by atoms with Gasteiger partial charge in [-0.1, -0.05) is 5.11 Å². The monoisotopic (exact) mass is 343 g/mol. The SMILES string of the molecule is [2H]C(N=[N+]=[N-])C(=O)N[C@H]1C(OP(=O)(O)O)O[C@H](CO)[C@H](O)[C@@H]1O. The molecule has 0 spiro atoms. The number of carbonyl (C=O) groups excluding carboxylic acids is 1. The fourth-order valence-corrected chi connectivity index (χ4v) is 2.19. The first-order valence-corrected chi connectivity index (χ1v) is 7.27. The molecule has 14 heteroatoms. The minimum atomic E-state index is -5.11. The Balaban J connectivity index is 2.98. The maximum atomic E-state index is 11.6. The predicted molar refractivity (Wildman–Crippen MR) is 66.8 cm³/mol. The van der Waals surface area contributed by atoms with E-state index in [0.717, 1.165) is 0 Å². The lowest BCUT2D eigenvalue weighted by molar-refractivity contribution is -0.248. The minimum absolute atomic E-state index is 0.806. The lowest BCUT2D eigenvalue weighted by Crippen LogP contribution is -2.64. The molecule has 13 nitrogen and oxygen atoms in total. The molecule has 1 amide bonds. The third-order valence-electron chi connectivity index (χ3n) is 2.66. The van der Waals surface area contributed by atoms with Crippen molar-refractivity contribution in [2.45, 2.75) is 30.6 Å². The van der Waals surface area contributed by atoms with Gasteiger partial charge in [0.1, 0.15) is 30.9 Å². The van der Waals surface area contributed by atoms with Crippen molar-refractivity contribution >= 4 is 13.7 Å². The molecule has 22 heavy (non-hydrogen) atoms. The van der Waals surface area contributed by atoms with Gasteiger partial charge in [-0.2, -0.15) is 0 Å². The van der Waals surface area contributed by atoms with Crippen molar-refractivity contribution in [2.24, 2.45) is 5.11 Å². The van der Waals surface area contributed by atoms with E-state index in [1.807, 2.05) is 5.32 Å². The molecule has 1 aliphatic heterocycles. The van der Waals surface area contributed by atoms with Crippen LogP contribution < -0.4 is 5.32 Å². The number of phosphoric acid groups is 1. The van der Waals surface area contributed by atoms with Crippen molar-refractivity contribution in [1.82, 2.24) is 5.32 Å². The van der Waals surface area contributed by atoms with E-state index < -0.39 is 57.5 Å². The van der Waals surface area contributed by atoms with E-state index in [-0.39, 0.29) is 0 Å². The Morgan fingerprint density at radius 1 is 1.50 bits per heavy atom. The second-order valence-electron chi connectivity index (χ2n) is 4.17. The van der Waals surface area contributed by atoms with Crippen LogP contribution in [0.4, 0.5) is 0 Å². The highest BCUT2D eigenvalue weighted by Crippen LogP contribution is 2.40. The molecule has 0 aliphatic carbocycles. The van der Waals surface area contributed by atoms with E-state index in [9.17, 15) is 19.6 Å². The van der Waals surface area contributed by atoms with Gasteiger partial charge in [0.25, 0.3) is 0 Å². The number of hydrogen-bond donors (Lipinski definition) is 6. The zero-order valence-corrected chi connectivity index (χ0v) is 11.7. The molecule has 6 N–H and O–H groups in total. The molecule has 1 saturated heterocycles. The maximum Gasteiger partial charge on any atom is 0.472 e. The topological polar surface area (TPSA) is 215 Å². The number of phosphoric ester groups is 1. The van der Waals surface area contributed by atoms with Crippen LogP contribution >= 0.6 is 7.82 Å². The van der Waals surface area contributed by atoms with Gasteiger partial charge in [0, 0.05) is 6.28 Å². The number of nitrogens with zero attached hydrogens (tertiary/aromatic N) is 3. The third-order valence-corrected chi connectivity index (χ3v) is 3.14. The zero-order valence-electron chi connectivity index (χ0n) is 11.8. The largest absolute Gasteiger partial charge is 0.472 e. The van der Waals surface area contributed by atoms with Gasteiger partial charge >= 0.3 is 7.82 Å². The molecule has 0 radical (unpaired) electrons. The van der Waals surface area contributed by atoms with E-state index in [1.165, 1.54) is 0 Å². The molecule has 0 aromatic carbocycles. The van der Waals surface area contributed by atoms with E-state index in [2.05, 4.69) is 14.5 Å². The maximum absolute atomic E-state index is 11.6. The summed E-state index contributed by atoms with van der Waals surface area (Å²) in [6, 6.07) is -1.70. The summed E-state index contributed by atoms with van der Waals surface area (Å²) in [5.74, 6) is -1.23. The first-order valence-electron chi connectivity index (χ1n) is 6.31. The second kappa shape index (κ2) is 7.83. The Morgan fingerprint density at radius 2 is 2.14 bits per heavy atom. The summed E-state index contributed by atoms with van der Waals surface area (Å²) in [6.45, 7) is -2.75. The van der Waals surface area contributed by atoms with E-state index in [4.69, 9.17) is 26.5 Å². The van der Waals surface area contributed by atoms with Gasteiger partial charge in [-0.15, -0.1) is 0 Å². The second-order valence-corrected chi connectivity index (χ2v) is 5.36. The summed E-state index contributed by atoms with van der Waals surface area (Å²) in [7, 11) is -5.11. The molecular formula is C8H15N4O9P. The Labute approximate surface area is 124 Å². The van der Waals surface area contributed by atoms with E-state index in [1.54, 1.807) is 0 Å². The number of hydrogen-bond acceptors (Lipinski definition) is 8. The summed E-state index contributed by atoms with van der Waals surface area (Å²) in [5, 5.41) is 33.3. The number of amides is 1. The summed E-state index contributed by atoms with van der Waals surface area (Å²) < 4.78 is 27.3. The molecule has 0 aromatic heterocycles. The predicted octanol–water partition coefficient (Wildman–Crippen LogP) is -2.67. The fraction of sp³-hybridized carbons (Fsp3) is 0.875. The highest BCUT2D eigenvalue weighted by atomic mass is 31.2. The molecule has 1 rings (SSSR count). The summed E-state index contributed by atoms with van der Waals surface area (Å²) >= 11 is 0. The number of aliphatic hydroxyl groups is 3. The lowest BCUT2D eigenvalue weighted by atomic mass is 9.97. The molecular weight excluding hydrogens is 327 g/mol. The van der Waals surface area contributed by atoms with Crippen molar-refractivity contribution < 1.29 is 45.1 Å². The smallest absolute Gasteiger partial charge is 0.394 e. The molecule has 0 aromatic rings. The van der Waals surface area contributed by atoms with Crippen molar-refractivity contribution in [3.8, 4) is 0 Å². The summed E-state index contributed by atoms with van der Waals surface area (Å²) in [6.07, 6.45) is -6.93. The molecule has 2 unspecified atom stereocenters. The van der Waals surface area contributed by atoms with E-state index >= 15 is 0 Å². The molecule has 0 bridgehead atoms. The fourth-order valence-electron chi connectivity index (χ4n) is 1.74. The highest BCUT2D eigenvalue weighted by Gasteiger charge is 2.47. The van der Waals surface area contributed by atoms with Gasteiger partial charge in [-0.05, 0) is 5.53 Å². The van der Waals surface area contributed by atoms with Gasteiger partial charge in [-0.25, -0.2) is 4.57 Å². The Kier molecular flexibility index (Phi) is 6.08. The third kappa shape index (κ3) is 5.18. The van der Waals surface area contributed by atoms with Gasteiger partial charge in [0.2, 0.25) is 5.91 Å². The number of carbonyl (C=O) groups is 1. The molecule has 1 fully saturated rings. The Bertz CT molecular complexity index is 526. The van der Waals surface area contributed by atoms with Crippen LogP contribution in [-0.2, 0) is 18.6 Å². The van der Waals surface area contributed by atoms with Crippen LogP contribution in [0.3, 0.4) is 0 Å². The van der Waals surface area contributed by atoms with Crippen LogP contribution in [-0.4, -0.2) is 74.8 Å². The number of rotatable bonds is 6. The number of azide groups is 1. The number of nitrogens with one attached hydrogen (secondary N) is 1. The highest BCUT2D eigenvalue weighted by molar-refractivity contribution is 7.46. The Morgan fingerprint density at radius 3 is 2.64 bits per heavy atom. The average molecular weight is 343 g/mol. The lowest BCUT2D eigenvalue weighted by Gasteiger charge is -2.41. The van der Waals surface area contributed by atoms with Crippen molar-refractivity contribution in [1.29, 1.82) is 0 Å². The number of aliphatic hydroxyl groups excluding tert-OH is 3. The summed E-state index contributed by atoms with van der Waals surface area (Å²) in [5.41, 5.74) is 8.15. The first-order chi connectivity index (χ1) is 10.6. The van der Waals surface area contributed by atoms with Gasteiger partial charge in [0.05, 0.1) is 6.61 Å². The molecule has 0 saturated carbocycles. The molecule has 1 heterocycles. The molecule has 1 aliphatic rings. The molecule has 126 valence electrons. The van der Waals surface area contributed by atoms with Crippen LogP contribution in [0.25, 0.3) is 10.4 Å². The molecule has 6 atom stereocenters. The van der Waals surface area contributed by atoms with Gasteiger partial charge in [-0.3, -0.25) is 9.32 Å². The van der Waals surface area contributed by atoms with Gasteiger partial charge < -0.3 is 35.2 Å². The minimum Gasteiger partial charge on any atom is -0.394 e. The van der Waals surface area contributed by atoms with Gasteiger partial charge in [0.15, 0.2) is 6.29 Å². The van der Waals surface area contributed by atoms with Crippen LogP contribution in [0.5, 0.6) is 0 Å². The summed E-state index contributed by atoms with van der Waals surface area (Å²) in [4.78, 5) is 31.5. The van der Waals surface area contributed by atoms with Crippen LogP contribution in [0.15, 0.2) is 5.11 Å². The van der Waals surface area contributed by atoms with Crippen molar-refractivity contribution in [3.63, 3.8) is 0 Å². The standard InChI is InChI=1S/C8H15N4O9P/c9-12-10-1-4(14)11-5-7(16)6(15)3(2-13)20-8(5)21-22(17,18)19/h3,5-8,13,15-16H,1-2H2,(H,11,14)(H2,17,18,19)/t3-,5-,6+,7-,8?/m1/s1/i1D/t1?,3-,5-,6+,7-,8?. The van der Waals surface area contributed by atoms with Crippen LogP contribution in [0.2, 0.25) is 0 Å².